The Balaban J connectivity index is 1.05. The molecule has 3 aromatic heterocycles. The molecule has 0 aliphatic heterocycles. The van der Waals surface area contributed by atoms with Gasteiger partial charge in [0.2, 0.25) is 0 Å². The first-order valence-electron chi connectivity index (χ1n) is 18.9. The number of para-hydroxylation sites is 4. The summed E-state index contributed by atoms with van der Waals surface area (Å²) in [5, 5.41) is 8.92. The molecule has 0 saturated heterocycles. The summed E-state index contributed by atoms with van der Waals surface area (Å²) >= 11 is 0. The van der Waals surface area contributed by atoms with Gasteiger partial charge in [-0.25, -0.2) is 0 Å². The molecule has 0 bridgehead atoms. The van der Waals surface area contributed by atoms with Crippen LogP contribution in [0.3, 0.4) is 0 Å². The van der Waals surface area contributed by atoms with Crippen molar-refractivity contribution in [3.8, 4) is 22.3 Å². The molecular weight excluding hydrogens is 687 g/mol. The van der Waals surface area contributed by atoms with Gasteiger partial charge in [-0.05, 0) is 77.2 Å². The van der Waals surface area contributed by atoms with Crippen LogP contribution >= 0.6 is 0 Å². The van der Waals surface area contributed by atoms with Crippen LogP contribution in [0.25, 0.3) is 98.8 Å². The van der Waals surface area contributed by atoms with E-state index in [0.29, 0.717) is 0 Å². The topological polar surface area (TPSA) is 42.7 Å². The van der Waals surface area contributed by atoms with E-state index in [2.05, 4.69) is 169 Å². The van der Waals surface area contributed by atoms with Crippen LogP contribution in [0.5, 0.6) is 0 Å². The number of hydrogen-bond donors (Lipinski definition) is 0. The summed E-state index contributed by atoms with van der Waals surface area (Å²) in [5.74, 6) is 0. The molecule has 0 fully saturated rings. The highest BCUT2D eigenvalue weighted by Gasteiger charge is 2.22. The molecule has 0 radical (unpaired) electrons. The van der Waals surface area contributed by atoms with Crippen LogP contribution < -0.4 is 4.90 Å². The molecule has 0 unspecified atom stereocenters. The maximum atomic E-state index is 6.86. The molecule has 3 heterocycles. The number of anilines is 3. The van der Waals surface area contributed by atoms with E-state index < -0.39 is 0 Å². The lowest BCUT2D eigenvalue weighted by Crippen LogP contribution is -2.11. The van der Waals surface area contributed by atoms with Gasteiger partial charge >= 0.3 is 0 Å². The highest BCUT2D eigenvalue weighted by Crippen LogP contribution is 2.46. The molecule has 4 heteroatoms. The molecule has 56 heavy (non-hydrogen) atoms. The van der Waals surface area contributed by atoms with Crippen molar-refractivity contribution in [2.75, 3.05) is 4.90 Å². The highest BCUT2D eigenvalue weighted by molar-refractivity contribution is 6.18. The van der Waals surface area contributed by atoms with E-state index >= 15 is 0 Å². The molecule has 0 amide bonds. The Kier molecular flexibility index (Phi) is 6.60. The number of fused-ring (bicyclic) bond motifs is 11. The Morgan fingerprint density at radius 1 is 0.304 bits per heavy atom. The third-order valence-corrected chi connectivity index (χ3v) is 11.3. The summed E-state index contributed by atoms with van der Waals surface area (Å²) in [6, 6.07) is 66.1. The monoisotopic (exact) mass is 717 g/mol. The Hall–Kier alpha value is -7.56. The third kappa shape index (κ3) is 4.66. The van der Waals surface area contributed by atoms with Crippen molar-refractivity contribution in [3.05, 3.63) is 188 Å². The Bertz CT molecular complexity index is 3490. The quantitative estimate of drug-likeness (QED) is 0.178. The SMILES string of the molecule is c1ccc(N(c2ccc(-c3ccc4oc5ccccc5c4c3)cc2)c2ccc3c(c2)oc2ccccc23)c(-c2cccc3c2oc2c4ccccc4ccc32)c1. The van der Waals surface area contributed by atoms with E-state index in [1.165, 1.54) is 0 Å². The van der Waals surface area contributed by atoms with Crippen LogP contribution in [0, 0.1) is 0 Å². The minimum absolute atomic E-state index is 0.842. The van der Waals surface area contributed by atoms with Crippen molar-refractivity contribution in [3.63, 3.8) is 0 Å². The van der Waals surface area contributed by atoms with Gasteiger partial charge in [0.25, 0.3) is 0 Å². The molecule has 12 aromatic rings. The van der Waals surface area contributed by atoms with Gasteiger partial charge in [-0.3, -0.25) is 0 Å². The zero-order chi connectivity index (χ0) is 36.7. The largest absolute Gasteiger partial charge is 0.456 e. The normalized spacial score (nSPS) is 11.9. The average Bonchev–Trinajstić information content (AvgIpc) is 3.95. The summed E-state index contributed by atoms with van der Waals surface area (Å²) in [6.07, 6.45) is 0. The first-order chi connectivity index (χ1) is 27.7. The number of benzene rings is 9. The molecule has 9 aromatic carbocycles. The zero-order valence-corrected chi connectivity index (χ0v) is 30.1. The standard InChI is InChI=1S/C52H31NO3/c1-2-11-37-33(10-1)22-27-44-43-16-9-15-42(52(43)56-51(37)44)38-12-3-6-17-46(38)53(36-26-28-41-39-13-4-7-18-47(39)55-50(41)31-36)35-24-20-32(21-25-35)34-23-29-49-45(30-34)40-14-5-8-19-48(40)54-49/h1-31H. The molecule has 0 aliphatic rings. The molecule has 0 atom stereocenters. The third-order valence-electron chi connectivity index (χ3n) is 11.3. The molecule has 0 saturated carbocycles. The minimum atomic E-state index is 0.842. The Morgan fingerprint density at radius 2 is 0.893 bits per heavy atom. The molecule has 0 spiro atoms. The lowest BCUT2D eigenvalue weighted by molar-refractivity contribution is 0.668. The predicted molar refractivity (Wildman–Crippen MR) is 231 cm³/mol. The van der Waals surface area contributed by atoms with Gasteiger partial charge < -0.3 is 18.2 Å². The van der Waals surface area contributed by atoms with Crippen molar-refractivity contribution >= 4 is 93.7 Å². The lowest BCUT2D eigenvalue weighted by Gasteiger charge is -2.28. The summed E-state index contributed by atoms with van der Waals surface area (Å²) < 4.78 is 19.4. The first kappa shape index (κ1) is 30.9. The summed E-state index contributed by atoms with van der Waals surface area (Å²) in [7, 11) is 0. The fourth-order valence-electron chi connectivity index (χ4n) is 8.62. The van der Waals surface area contributed by atoms with Crippen LogP contribution in [0.2, 0.25) is 0 Å². The first-order valence-corrected chi connectivity index (χ1v) is 18.9. The van der Waals surface area contributed by atoms with Crippen LogP contribution in [0.1, 0.15) is 0 Å². The van der Waals surface area contributed by atoms with Crippen molar-refractivity contribution in [2.45, 2.75) is 0 Å². The van der Waals surface area contributed by atoms with Crippen molar-refractivity contribution < 1.29 is 13.3 Å². The molecule has 4 nitrogen and oxygen atoms in total. The molecule has 262 valence electrons. The van der Waals surface area contributed by atoms with Gasteiger partial charge in [0, 0.05) is 66.3 Å². The lowest BCUT2D eigenvalue weighted by atomic mass is 9.98. The fourth-order valence-corrected chi connectivity index (χ4v) is 8.62. The molecule has 0 N–H and O–H groups in total. The van der Waals surface area contributed by atoms with Crippen molar-refractivity contribution in [2.24, 2.45) is 0 Å². The molecule has 12 rings (SSSR count). The van der Waals surface area contributed by atoms with Crippen LogP contribution in [0.15, 0.2) is 201 Å². The second kappa shape index (κ2) is 12.0. The number of furan rings is 3. The second-order valence-corrected chi connectivity index (χ2v) is 14.4. The molecule has 0 aliphatic carbocycles. The van der Waals surface area contributed by atoms with Gasteiger partial charge in [-0.1, -0.05) is 121 Å². The Morgan fingerprint density at radius 3 is 1.75 bits per heavy atom. The van der Waals surface area contributed by atoms with Gasteiger partial charge in [0.05, 0.1) is 5.69 Å². The van der Waals surface area contributed by atoms with Gasteiger partial charge in [0.15, 0.2) is 0 Å². The number of nitrogens with zero attached hydrogens (tertiary/aromatic N) is 1. The van der Waals surface area contributed by atoms with Crippen LogP contribution in [-0.2, 0) is 0 Å². The zero-order valence-electron chi connectivity index (χ0n) is 30.1. The summed E-state index contributed by atoms with van der Waals surface area (Å²) in [4.78, 5) is 2.33. The summed E-state index contributed by atoms with van der Waals surface area (Å²) in [5.41, 5.74) is 12.7. The highest BCUT2D eigenvalue weighted by atomic mass is 16.3. The van der Waals surface area contributed by atoms with Crippen molar-refractivity contribution in [1.82, 2.24) is 0 Å². The van der Waals surface area contributed by atoms with Crippen LogP contribution in [0.4, 0.5) is 17.1 Å². The van der Waals surface area contributed by atoms with E-state index in [0.717, 1.165) is 116 Å². The summed E-state index contributed by atoms with van der Waals surface area (Å²) in [6.45, 7) is 0. The maximum absolute atomic E-state index is 6.86. The Labute approximate surface area is 321 Å². The van der Waals surface area contributed by atoms with E-state index in [4.69, 9.17) is 13.3 Å². The smallest absolute Gasteiger partial charge is 0.143 e. The maximum Gasteiger partial charge on any atom is 0.143 e. The minimum Gasteiger partial charge on any atom is -0.456 e. The van der Waals surface area contributed by atoms with E-state index in [-0.39, 0.29) is 0 Å². The predicted octanol–water partition coefficient (Wildman–Crippen LogP) is 15.3. The fraction of sp³-hybridized carbons (Fsp3) is 0. The second-order valence-electron chi connectivity index (χ2n) is 14.4. The van der Waals surface area contributed by atoms with E-state index in [1.807, 2.05) is 24.3 Å². The van der Waals surface area contributed by atoms with E-state index in [1.54, 1.807) is 0 Å². The average molecular weight is 718 g/mol. The molecular formula is C52H31NO3. The number of hydrogen-bond acceptors (Lipinski definition) is 4. The van der Waals surface area contributed by atoms with Gasteiger partial charge in [-0.2, -0.15) is 0 Å². The van der Waals surface area contributed by atoms with Gasteiger partial charge in [-0.15, -0.1) is 0 Å². The van der Waals surface area contributed by atoms with E-state index in [9.17, 15) is 0 Å². The van der Waals surface area contributed by atoms with Gasteiger partial charge in [0.1, 0.15) is 33.5 Å². The van der Waals surface area contributed by atoms with Crippen LogP contribution in [-0.4, -0.2) is 0 Å². The van der Waals surface area contributed by atoms with Crippen molar-refractivity contribution in [1.29, 1.82) is 0 Å². The number of rotatable bonds is 5.